The predicted molar refractivity (Wildman–Crippen MR) is 145 cm³/mol. The van der Waals surface area contributed by atoms with Crippen molar-refractivity contribution in [3.63, 3.8) is 0 Å². The van der Waals surface area contributed by atoms with E-state index in [0.29, 0.717) is 0 Å². The largest absolute Gasteiger partial charge is 0.456 e. The van der Waals surface area contributed by atoms with Gasteiger partial charge in [0.15, 0.2) is 0 Å². The quantitative estimate of drug-likeness (QED) is 0.254. The van der Waals surface area contributed by atoms with Gasteiger partial charge in [-0.1, -0.05) is 42.5 Å². The Morgan fingerprint density at radius 1 is 0.514 bits per heavy atom. The average molecular weight is 468 g/mol. The highest BCUT2D eigenvalue weighted by atomic mass is 32.1. The number of pyridine rings is 1. The van der Waals surface area contributed by atoms with Crippen LogP contribution in [0.25, 0.3) is 75.8 Å². The van der Waals surface area contributed by atoms with Crippen molar-refractivity contribution in [1.82, 2.24) is 4.98 Å². The zero-order valence-electron chi connectivity index (χ0n) is 18.5. The van der Waals surface area contributed by atoms with E-state index >= 15 is 0 Å². The van der Waals surface area contributed by atoms with Crippen molar-refractivity contribution in [2.75, 3.05) is 0 Å². The first-order valence-electron chi connectivity index (χ1n) is 11.5. The first-order valence-corrected chi connectivity index (χ1v) is 12.4. The molecule has 4 heteroatoms. The van der Waals surface area contributed by atoms with E-state index in [2.05, 4.69) is 66.7 Å². The molecule has 4 heterocycles. The van der Waals surface area contributed by atoms with Crippen LogP contribution in [0, 0.1) is 0 Å². The van der Waals surface area contributed by atoms with Gasteiger partial charge in [0.1, 0.15) is 22.3 Å². The SMILES string of the molecule is c1ccc2nc(-c3ccc(-c4ccc5oc6cc7oc8ccccc8c7cc6c5c4)s3)ccc2c1. The summed E-state index contributed by atoms with van der Waals surface area (Å²) in [6.45, 7) is 0. The molecule has 4 aromatic heterocycles. The summed E-state index contributed by atoms with van der Waals surface area (Å²) >= 11 is 1.76. The summed E-state index contributed by atoms with van der Waals surface area (Å²) in [4.78, 5) is 7.24. The van der Waals surface area contributed by atoms with Crippen LogP contribution in [0.15, 0.2) is 112 Å². The molecule has 0 spiro atoms. The Morgan fingerprint density at radius 2 is 1.26 bits per heavy atom. The molecule has 164 valence electrons. The van der Waals surface area contributed by atoms with Crippen molar-refractivity contribution in [2.45, 2.75) is 0 Å². The Hall–Kier alpha value is -4.41. The van der Waals surface area contributed by atoms with Crippen LogP contribution in [0.5, 0.6) is 0 Å². The van der Waals surface area contributed by atoms with E-state index in [4.69, 9.17) is 13.8 Å². The summed E-state index contributed by atoms with van der Waals surface area (Å²) in [5.41, 5.74) is 6.67. The number of aromatic nitrogens is 1. The van der Waals surface area contributed by atoms with Gasteiger partial charge in [0.25, 0.3) is 0 Å². The standard InChI is InChI=1S/C31H17NO2S/c1-3-7-24-18(5-1)9-11-25(32-24)31-14-13-30(35-31)19-10-12-27-21(15-19)23-16-22-20-6-2-4-8-26(20)33-28(22)17-29(23)34-27/h1-17H. The number of para-hydroxylation sites is 2. The average Bonchev–Trinajstić information content (AvgIpc) is 3.62. The molecule has 0 amide bonds. The van der Waals surface area contributed by atoms with Gasteiger partial charge in [-0.25, -0.2) is 4.98 Å². The van der Waals surface area contributed by atoms with E-state index in [1.54, 1.807) is 11.3 Å². The Balaban J connectivity index is 1.26. The Labute approximate surface area is 203 Å². The third-order valence-corrected chi connectivity index (χ3v) is 7.87. The molecule has 0 aliphatic rings. The lowest BCUT2D eigenvalue weighted by Gasteiger charge is -2.01. The van der Waals surface area contributed by atoms with Crippen LogP contribution in [-0.2, 0) is 0 Å². The maximum absolute atomic E-state index is 6.20. The monoisotopic (exact) mass is 467 g/mol. The number of thiophene rings is 1. The smallest absolute Gasteiger partial charge is 0.139 e. The van der Waals surface area contributed by atoms with Crippen LogP contribution in [0.1, 0.15) is 0 Å². The Morgan fingerprint density at radius 3 is 2.20 bits per heavy atom. The molecule has 0 N–H and O–H groups in total. The summed E-state index contributed by atoms with van der Waals surface area (Å²) in [5.74, 6) is 0. The normalized spacial score (nSPS) is 12.0. The number of hydrogen-bond acceptors (Lipinski definition) is 4. The molecule has 0 saturated heterocycles. The summed E-state index contributed by atoms with van der Waals surface area (Å²) in [5, 5.41) is 5.62. The zero-order chi connectivity index (χ0) is 22.9. The molecule has 4 aromatic carbocycles. The molecule has 0 unspecified atom stereocenters. The highest BCUT2D eigenvalue weighted by Crippen LogP contribution is 2.40. The van der Waals surface area contributed by atoms with E-state index < -0.39 is 0 Å². The van der Waals surface area contributed by atoms with Gasteiger partial charge >= 0.3 is 0 Å². The van der Waals surface area contributed by atoms with Crippen LogP contribution in [-0.4, -0.2) is 4.98 Å². The Kier molecular flexibility index (Phi) is 3.82. The fourth-order valence-electron chi connectivity index (χ4n) is 4.98. The van der Waals surface area contributed by atoms with E-state index in [9.17, 15) is 0 Å². The third-order valence-electron chi connectivity index (χ3n) is 6.71. The maximum Gasteiger partial charge on any atom is 0.139 e. The lowest BCUT2D eigenvalue weighted by molar-refractivity contribution is 0.656. The molecular formula is C31H17NO2S. The van der Waals surface area contributed by atoms with E-state index in [-0.39, 0.29) is 0 Å². The highest BCUT2D eigenvalue weighted by molar-refractivity contribution is 7.18. The number of furan rings is 2. The molecule has 8 aromatic rings. The lowest BCUT2D eigenvalue weighted by Crippen LogP contribution is -1.81. The van der Waals surface area contributed by atoms with Crippen LogP contribution in [0.2, 0.25) is 0 Å². The van der Waals surface area contributed by atoms with Crippen molar-refractivity contribution in [3.05, 3.63) is 103 Å². The summed E-state index contributed by atoms with van der Waals surface area (Å²) in [7, 11) is 0. The Bertz CT molecular complexity index is 2080. The molecular weight excluding hydrogens is 450 g/mol. The lowest BCUT2D eigenvalue weighted by atomic mass is 10.1. The van der Waals surface area contributed by atoms with Crippen molar-refractivity contribution in [1.29, 1.82) is 0 Å². The van der Waals surface area contributed by atoms with Crippen LogP contribution in [0.3, 0.4) is 0 Å². The van der Waals surface area contributed by atoms with Gasteiger partial charge in [0.2, 0.25) is 0 Å². The van der Waals surface area contributed by atoms with E-state index in [1.165, 1.54) is 10.4 Å². The fraction of sp³-hybridized carbons (Fsp3) is 0. The molecule has 8 rings (SSSR count). The number of fused-ring (bicyclic) bond motifs is 7. The van der Waals surface area contributed by atoms with E-state index in [0.717, 1.165) is 65.4 Å². The molecule has 3 nitrogen and oxygen atoms in total. The third kappa shape index (κ3) is 2.87. The topological polar surface area (TPSA) is 39.2 Å². The highest BCUT2D eigenvalue weighted by Gasteiger charge is 2.15. The summed E-state index contributed by atoms with van der Waals surface area (Å²) in [6.07, 6.45) is 0. The molecule has 0 aliphatic carbocycles. The molecule has 0 aliphatic heterocycles. The van der Waals surface area contributed by atoms with Gasteiger partial charge in [-0.15, -0.1) is 11.3 Å². The first kappa shape index (κ1) is 19.0. The van der Waals surface area contributed by atoms with Crippen molar-refractivity contribution in [2.24, 2.45) is 0 Å². The van der Waals surface area contributed by atoms with Crippen LogP contribution < -0.4 is 0 Å². The number of nitrogens with zero attached hydrogens (tertiary/aromatic N) is 1. The second kappa shape index (κ2) is 7.05. The second-order valence-corrected chi connectivity index (χ2v) is 9.89. The fourth-order valence-corrected chi connectivity index (χ4v) is 5.95. The van der Waals surface area contributed by atoms with Crippen LogP contribution >= 0.6 is 11.3 Å². The van der Waals surface area contributed by atoms with Gasteiger partial charge in [0, 0.05) is 37.9 Å². The molecule has 0 saturated carbocycles. The molecule has 0 fully saturated rings. The second-order valence-electron chi connectivity index (χ2n) is 8.81. The van der Waals surface area contributed by atoms with Crippen molar-refractivity contribution >= 4 is 66.1 Å². The number of hydrogen-bond donors (Lipinski definition) is 0. The summed E-state index contributed by atoms with van der Waals surface area (Å²) in [6, 6.07) is 35.6. The van der Waals surface area contributed by atoms with E-state index in [1.807, 2.05) is 36.4 Å². The zero-order valence-corrected chi connectivity index (χ0v) is 19.3. The van der Waals surface area contributed by atoms with Gasteiger partial charge in [0.05, 0.1) is 16.1 Å². The van der Waals surface area contributed by atoms with Crippen LogP contribution in [0.4, 0.5) is 0 Å². The van der Waals surface area contributed by atoms with Crippen molar-refractivity contribution < 1.29 is 8.83 Å². The van der Waals surface area contributed by atoms with Gasteiger partial charge < -0.3 is 8.83 Å². The van der Waals surface area contributed by atoms with Crippen molar-refractivity contribution in [3.8, 4) is 21.0 Å². The maximum atomic E-state index is 6.20. The predicted octanol–water partition coefficient (Wildman–Crippen LogP) is 9.43. The molecule has 0 bridgehead atoms. The first-order chi connectivity index (χ1) is 17.3. The summed E-state index contributed by atoms with van der Waals surface area (Å²) < 4.78 is 12.3. The minimum Gasteiger partial charge on any atom is -0.456 e. The molecule has 0 radical (unpaired) electrons. The minimum atomic E-state index is 0.843. The number of benzene rings is 4. The molecule has 35 heavy (non-hydrogen) atoms. The molecule has 0 atom stereocenters. The minimum absolute atomic E-state index is 0.843. The van der Waals surface area contributed by atoms with Gasteiger partial charge in [-0.3, -0.25) is 0 Å². The van der Waals surface area contributed by atoms with Gasteiger partial charge in [-0.2, -0.15) is 0 Å². The van der Waals surface area contributed by atoms with Gasteiger partial charge in [-0.05, 0) is 60.2 Å². The number of rotatable bonds is 2.